The molecule has 0 aromatic rings. The predicted octanol–water partition coefficient (Wildman–Crippen LogP) is 2.97. The smallest absolute Gasteiger partial charge is 0.0604 e. The van der Waals surface area contributed by atoms with Crippen molar-refractivity contribution in [1.82, 2.24) is 5.32 Å². The molecule has 5 rings (SSSR count). The maximum absolute atomic E-state index is 5.68. The van der Waals surface area contributed by atoms with E-state index in [1.165, 1.54) is 38.5 Å². The van der Waals surface area contributed by atoms with Crippen LogP contribution in [0.2, 0.25) is 0 Å². The van der Waals surface area contributed by atoms with Gasteiger partial charge in [0.05, 0.1) is 6.10 Å². The lowest BCUT2D eigenvalue weighted by molar-refractivity contribution is -0.0475. The third-order valence-electron chi connectivity index (χ3n) is 6.15. The summed E-state index contributed by atoms with van der Waals surface area (Å²) < 4.78 is 5.68. The number of nitrogens with one attached hydrogen (secondary N) is 1. The molecule has 18 heavy (non-hydrogen) atoms. The zero-order valence-corrected chi connectivity index (χ0v) is 11.6. The zero-order valence-electron chi connectivity index (χ0n) is 11.6. The molecule has 1 N–H and O–H groups in total. The molecule has 0 amide bonds. The molecule has 4 bridgehead atoms. The van der Waals surface area contributed by atoms with E-state index in [1.54, 1.807) is 6.42 Å². The molecule has 2 heteroatoms. The van der Waals surface area contributed by atoms with Crippen molar-refractivity contribution >= 4 is 0 Å². The molecule has 0 radical (unpaired) electrons. The van der Waals surface area contributed by atoms with Gasteiger partial charge in [0.25, 0.3) is 0 Å². The second kappa shape index (κ2) is 4.49. The molecule has 5 saturated carbocycles. The number of hydrogen-bond donors (Lipinski definition) is 1. The van der Waals surface area contributed by atoms with E-state index < -0.39 is 0 Å². The topological polar surface area (TPSA) is 21.3 Å². The van der Waals surface area contributed by atoms with Gasteiger partial charge in [-0.25, -0.2) is 0 Å². The second-order valence-corrected chi connectivity index (χ2v) is 7.37. The maximum atomic E-state index is 5.68. The summed E-state index contributed by atoms with van der Waals surface area (Å²) in [5.41, 5.74) is 0. The van der Waals surface area contributed by atoms with Gasteiger partial charge in [0.1, 0.15) is 0 Å². The van der Waals surface area contributed by atoms with Crippen LogP contribution in [-0.4, -0.2) is 24.8 Å². The second-order valence-electron chi connectivity index (χ2n) is 7.37. The van der Waals surface area contributed by atoms with Gasteiger partial charge >= 0.3 is 0 Å². The van der Waals surface area contributed by atoms with Crippen LogP contribution in [0.1, 0.15) is 51.9 Å². The summed E-state index contributed by atoms with van der Waals surface area (Å²) >= 11 is 0. The van der Waals surface area contributed by atoms with Crippen LogP contribution in [-0.2, 0) is 4.74 Å². The molecule has 0 spiro atoms. The fourth-order valence-electron chi connectivity index (χ4n) is 5.54. The zero-order chi connectivity index (χ0) is 12.1. The Labute approximate surface area is 111 Å². The minimum absolute atomic E-state index is 0.560. The normalized spacial score (nSPS) is 53.5. The van der Waals surface area contributed by atoms with E-state index >= 15 is 0 Å². The minimum Gasteiger partial charge on any atom is -0.378 e. The van der Waals surface area contributed by atoms with Crippen molar-refractivity contribution in [3.05, 3.63) is 0 Å². The van der Waals surface area contributed by atoms with Gasteiger partial charge < -0.3 is 10.1 Å². The third-order valence-corrected chi connectivity index (χ3v) is 6.15. The molecule has 0 saturated heterocycles. The number of ether oxygens (including phenoxy) is 1. The summed E-state index contributed by atoms with van der Waals surface area (Å²) in [6.45, 7) is 2.99. The van der Waals surface area contributed by atoms with Crippen LogP contribution >= 0.6 is 0 Å². The van der Waals surface area contributed by atoms with Crippen molar-refractivity contribution in [2.45, 2.75) is 70.1 Å². The molecule has 0 atom stereocenters. The SMILES string of the molecule is CCOC1CC(NC2C3CC4CC(C3)CC2C4)C1. The fourth-order valence-corrected chi connectivity index (χ4v) is 5.54. The first-order chi connectivity index (χ1) is 8.81. The van der Waals surface area contributed by atoms with E-state index in [9.17, 15) is 0 Å². The molecule has 0 unspecified atom stereocenters. The molecular weight excluding hydrogens is 222 g/mol. The largest absolute Gasteiger partial charge is 0.378 e. The van der Waals surface area contributed by atoms with Crippen LogP contribution in [0.15, 0.2) is 0 Å². The van der Waals surface area contributed by atoms with E-state index in [4.69, 9.17) is 4.74 Å². The highest BCUT2D eigenvalue weighted by Crippen LogP contribution is 2.54. The van der Waals surface area contributed by atoms with E-state index in [0.717, 1.165) is 42.4 Å². The highest BCUT2D eigenvalue weighted by atomic mass is 16.5. The predicted molar refractivity (Wildman–Crippen MR) is 72.4 cm³/mol. The Kier molecular flexibility index (Phi) is 2.92. The Balaban J connectivity index is 1.33. The Hall–Kier alpha value is -0.0800. The summed E-state index contributed by atoms with van der Waals surface area (Å²) in [5.74, 6) is 4.24. The Bertz CT molecular complexity index is 282. The van der Waals surface area contributed by atoms with Gasteiger partial charge in [-0.3, -0.25) is 0 Å². The quantitative estimate of drug-likeness (QED) is 0.827. The third kappa shape index (κ3) is 1.92. The fraction of sp³-hybridized carbons (Fsp3) is 1.00. The first kappa shape index (κ1) is 11.7. The lowest BCUT2D eigenvalue weighted by atomic mass is 9.54. The molecule has 102 valence electrons. The van der Waals surface area contributed by atoms with Crippen molar-refractivity contribution in [2.75, 3.05) is 6.61 Å². The Morgan fingerprint density at radius 2 is 1.50 bits per heavy atom. The first-order valence-corrected chi connectivity index (χ1v) is 8.19. The highest BCUT2D eigenvalue weighted by molar-refractivity contribution is 5.03. The van der Waals surface area contributed by atoms with Gasteiger partial charge in [0.2, 0.25) is 0 Å². The van der Waals surface area contributed by atoms with Crippen molar-refractivity contribution in [3.8, 4) is 0 Å². The summed E-state index contributed by atoms with van der Waals surface area (Å²) in [6, 6.07) is 1.63. The molecule has 5 fully saturated rings. The van der Waals surface area contributed by atoms with Crippen LogP contribution < -0.4 is 5.32 Å². The van der Waals surface area contributed by atoms with E-state index in [0.29, 0.717) is 6.10 Å². The van der Waals surface area contributed by atoms with Crippen molar-refractivity contribution < 1.29 is 4.74 Å². The van der Waals surface area contributed by atoms with Crippen LogP contribution in [0.4, 0.5) is 0 Å². The lowest BCUT2D eigenvalue weighted by Gasteiger charge is -2.56. The van der Waals surface area contributed by atoms with Crippen molar-refractivity contribution in [2.24, 2.45) is 23.7 Å². The average Bonchev–Trinajstić information content (AvgIpc) is 2.29. The highest BCUT2D eigenvalue weighted by Gasteiger charge is 2.49. The molecule has 5 aliphatic carbocycles. The minimum atomic E-state index is 0.560. The van der Waals surface area contributed by atoms with E-state index in [1.807, 2.05) is 0 Å². The molecule has 2 nitrogen and oxygen atoms in total. The summed E-state index contributed by atoms with van der Waals surface area (Å²) in [7, 11) is 0. The monoisotopic (exact) mass is 249 g/mol. The van der Waals surface area contributed by atoms with Gasteiger partial charge in [-0.15, -0.1) is 0 Å². The van der Waals surface area contributed by atoms with Crippen LogP contribution in [0, 0.1) is 23.7 Å². The summed E-state index contributed by atoms with van der Waals surface area (Å²) in [6.07, 6.45) is 10.8. The molecule has 0 aromatic heterocycles. The Morgan fingerprint density at radius 3 is 2.06 bits per heavy atom. The van der Waals surface area contributed by atoms with E-state index in [2.05, 4.69) is 12.2 Å². The average molecular weight is 249 g/mol. The van der Waals surface area contributed by atoms with Gasteiger partial charge in [0, 0.05) is 18.7 Å². The van der Waals surface area contributed by atoms with Gasteiger partial charge in [-0.05, 0) is 75.5 Å². The summed E-state index contributed by atoms with van der Waals surface area (Å²) in [4.78, 5) is 0. The van der Waals surface area contributed by atoms with Gasteiger partial charge in [0.15, 0.2) is 0 Å². The molecular formula is C16H27NO. The van der Waals surface area contributed by atoms with E-state index in [-0.39, 0.29) is 0 Å². The standard InChI is InChI=1S/C16H27NO/c1-2-18-15-8-14(9-15)17-16-12-4-10-3-11(6-12)7-13(16)5-10/h10-17H,2-9H2,1H3. The van der Waals surface area contributed by atoms with Crippen LogP contribution in [0.25, 0.3) is 0 Å². The van der Waals surface area contributed by atoms with Crippen molar-refractivity contribution in [1.29, 1.82) is 0 Å². The molecule has 0 aromatic carbocycles. The van der Waals surface area contributed by atoms with Crippen molar-refractivity contribution in [3.63, 3.8) is 0 Å². The number of rotatable bonds is 4. The van der Waals surface area contributed by atoms with Gasteiger partial charge in [-0.2, -0.15) is 0 Å². The number of hydrogen-bond acceptors (Lipinski definition) is 2. The lowest BCUT2D eigenvalue weighted by Crippen LogP contribution is -2.59. The molecule has 0 aliphatic heterocycles. The first-order valence-electron chi connectivity index (χ1n) is 8.19. The Morgan fingerprint density at radius 1 is 0.889 bits per heavy atom. The molecule has 0 heterocycles. The van der Waals surface area contributed by atoms with Crippen LogP contribution in [0.5, 0.6) is 0 Å². The summed E-state index contributed by atoms with van der Waals surface area (Å²) in [5, 5.41) is 4.01. The van der Waals surface area contributed by atoms with Crippen LogP contribution in [0.3, 0.4) is 0 Å². The maximum Gasteiger partial charge on any atom is 0.0604 e. The molecule has 5 aliphatic rings. The van der Waals surface area contributed by atoms with Gasteiger partial charge in [-0.1, -0.05) is 0 Å².